The van der Waals surface area contributed by atoms with Gasteiger partial charge in [-0.05, 0) is 42.0 Å². The van der Waals surface area contributed by atoms with Crippen molar-refractivity contribution in [1.82, 2.24) is 5.43 Å². The van der Waals surface area contributed by atoms with Crippen LogP contribution in [0.25, 0.3) is 0 Å². The Labute approximate surface area is 167 Å². The molecule has 27 heavy (non-hydrogen) atoms. The number of methoxy groups -OCH3 is 2. The first-order valence-corrected chi connectivity index (χ1v) is 8.80. The van der Waals surface area contributed by atoms with Crippen molar-refractivity contribution < 1.29 is 18.9 Å². The number of hydrazone groups is 1. The van der Waals surface area contributed by atoms with E-state index in [0.717, 1.165) is 11.3 Å². The van der Waals surface area contributed by atoms with Crippen LogP contribution in [0.15, 0.2) is 35.4 Å². The topological polar surface area (TPSA) is 73.3 Å². The molecular weight excluding hydrogens is 390 g/mol. The zero-order valence-electron chi connectivity index (χ0n) is 14.7. The van der Waals surface area contributed by atoms with E-state index in [-0.39, 0.29) is 0 Å². The number of nitrogens with one attached hydrogen (secondary N) is 2. The Bertz CT molecular complexity index is 876. The number of hydrogen-bond acceptors (Lipinski definition) is 6. The summed E-state index contributed by atoms with van der Waals surface area (Å²) in [5.41, 5.74) is 4.24. The average Bonchev–Trinajstić information content (AvgIpc) is 2.68. The highest BCUT2D eigenvalue weighted by atomic mass is 35.5. The predicted molar refractivity (Wildman–Crippen MR) is 109 cm³/mol. The molecule has 9 heteroatoms. The fourth-order valence-electron chi connectivity index (χ4n) is 2.44. The van der Waals surface area contributed by atoms with Gasteiger partial charge in [0.25, 0.3) is 0 Å². The molecule has 2 aromatic rings. The Hall–Kier alpha value is -2.71. The molecule has 2 N–H and O–H groups in total. The van der Waals surface area contributed by atoms with Gasteiger partial charge in [0, 0.05) is 11.8 Å². The molecule has 0 radical (unpaired) electrons. The third kappa shape index (κ3) is 4.72. The van der Waals surface area contributed by atoms with Gasteiger partial charge < -0.3 is 24.3 Å². The quantitative estimate of drug-likeness (QED) is 0.446. The summed E-state index contributed by atoms with van der Waals surface area (Å²) < 4.78 is 21.5. The molecule has 0 spiro atoms. The van der Waals surface area contributed by atoms with Crippen LogP contribution >= 0.6 is 23.8 Å². The molecule has 0 aromatic heterocycles. The maximum atomic E-state index is 6.20. The number of anilines is 1. The summed E-state index contributed by atoms with van der Waals surface area (Å²) >= 11 is 11.4. The summed E-state index contributed by atoms with van der Waals surface area (Å²) in [5, 5.41) is 7.92. The zero-order valence-corrected chi connectivity index (χ0v) is 16.3. The average molecular weight is 408 g/mol. The van der Waals surface area contributed by atoms with Crippen LogP contribution < -0.4 is 29.7 Å². The second-order valence-corrected chi connectivity index (χ2v) is 6.24. The molecule has 1 heterocycles. The lowest BCUT2D eigenvalue weighted by Gasteiger charge is -2.19. The predicted octanol–water partition coefficient (Wildman–Crippen LogP) is 3.45. The highest BCUT2D eigenvalue weighted by Gasteiger charge is 2.16. The number of rotatable bonds is 5. The second kappa shape index (κ2) is 8.79. The highest BCUT2D eigenvalue weighted by molar-refractivity contribution is 7.80. The summed E-state index contributed by atoms with van der Waals surface area (Å²) in [6, 6.07) is 8.92. The van der Waals surface area contributed by atoms with Gasteiger partial charge >= 0.3 is 0 Å². The minimum Gasteiger partial charge on any atom is -0.493 e. The van der Waals surface area contributed by atoms with Gasteiger partial charge in [0.2, 0.25) is 0 Å². The fraction of sp³-hybridized carbons (Fsp3) is 0.222. The van der Waals surface area contributed by atoms with Crippen LogP contribution in [0.2, 0.25) is 5.02 Å². The normalized spacial score (nSPS) is 12.6. The van der Waals surface area contributed by atoms with Gasteiger partial charge in [-0.15, -0.1) is 0 Å². The number of halogens is 1. The lowest BCUT2D eigenvalue weighted by Crippen LogP contribution is -2.23. The van der Waals surface area contributed by atoms with Crippen molar-refractivity contribution in [2.45, 2.75) is 0 Å². The van der Waals surface area contributed by atoms with E-state index in [1.807, 2.05) is 6.07 Å². The number of hydrogen-bond donors (Lipinski definition) is 2. The van der Waals surface area contributed by atoms with Gasteiger partial charge in [-0.1, -0.05) is 11.6 Å². The maximum absolute atomic E-state index is 6.20. The second-order valence-electron chi connectivity index (χ2n) is 5.42. The van der Waals surface area contributed by atoms with Gasteiger partial charge in [0.15, 0.2) is 28.1 Å². The number of nitrogens with zero attached hydrogens (tertiary/aromatic N) is 1. The van der Waals surface area contributed by atoms with Gasteiger partial charge in [-0.2, -0.15) is 5.10 Å². The molecule has 142 valence electrons. The van der Waals surface area contributed by atoms with Crippen LogP contribution in [0.1, 0.15) is 5.56 Å². The minimum absolute atomic E-state index is 0.321. The molecule has 3 rings (SSSR count). The van der Waals surface area contributed by atoms with Crippen molar-refractivity contribution >= 4 is 40.8 Å². The van der Waals surface area contributed by atoms with Crippen molar-refractivity contribution in [2.75, 3.05) is 32.8 Å². The molecule has 0 atom stereocenters. The minimum atomic E-state index is 0.321. The third-order valence-corrected chi connectivity index (χ3v) is 4.11. The van der Waals surface area contributed by atoms with Crippen molar-refractivity contribution in [3.05, 3.63) is 40.9 Å². The Balaban J connectivity index is 1.61. The van der Waals surface area contributed by atoms with Crippen LogP contribution in [0, 0.1) is 0 Å². The maximum Gasteiger partial charge on any atom is 0.191 e. The van der Waals surface area contributed by atoms with Crippen LogP contribution in [0.3, 0.4) is 0 Å². The molecule has 2 aromatic carbocycles. The van der Waals surface area contributed by atoms with Gasteiger partial charge in [0.05, 0.1) is 25.5 Å². The number of benzene rings is 2. The summed E-state index contributed by atoms with van der Waals surface area (Å²) in [6.45, 7) is 0.972. The Morgan fingerprint density at radius 1 is 1.15 bits per heavy atom. The Morgan fingerprint density at radius 3 is 2.70 bits per heavy atom. The van der Waals surface area contributed by atoms with E-state index < -0.39 is 0 Å². The number of thiocarbonyl (C=S) groups is 1. The van der Waals surface area contributed by atoms with E-state index in [4.69, 9.17) is 42.8 Å². The van der Waals surface area contributed by atoms with E-state index in [0.29, 0.717) is 46.3 Å². The summed E-state index contributed by atoms with van der Waals surface area (Å²) in [4.78, 5) is 0. The van der Waals surface area contributed by atoms with Gasteiger partial charge in [-0.3, -0.25) is 5.43 Å². The first kappa shape index (κ1) is 19.1. The molecule has 1 aliphatic heterocycles. The lowest BCUT2D eigenvalue weighted by atomic mass is 10.2. The molecule has 0 unspecified atom stereocenters. The molecule has 7 nitrogen and oxygen atoms in total. The SMILES string of the molecule is COc1ccc(NC(=S)N/N=C\c2cc(Cl)c3c(c2)OCCO3)cc1OC. The van der Waals surface area contributed by atoms with E-state index >= 15 is 0 Å². The number of fused-ring (bicyclic) bond motifs is 1. The smallest absolute Gasteiger partial charge is 0.191 e. The third-order valence-electron chi connectivity index (χ3n) is 3.64. The van der Waals surface area contributed by atoms with Crippen LogP contribution in [0.5, 0.6) is 23.0 Å². The molecular formula is C18H18ClN3O4S. The van der Waals surface area contributed by atoms with E-state index in [2.05, 4.69) is 15.8 Å². The largest absolute Gasteiger partial charge is 0.493 e. The highest BCUT2D eigenvalue weighted by Crippen LogP contribution is 2.37. The van der Waals surface area contributed by atoms with E-state index in [1.54, 1.807) is 44.7 Å². The molecule has 0 saturated carbocycles. The summed E-state index contributed by atoms with van der Waals surface area (Å²) in [7, 11) is 3.15. The first-order valence-electron chi connectivity index (χ1n) is 8.02. The van der Waals surface area contributed by atoms with Crippen molar-refractivity contribution in [1.29, 1.82) is 0 Å². The molecule has 1 aliphatic rings. The lowest BCUT2D eigenvalue weighted by molar-refractivity contribution is 0.171. The molecule has 0 amide bonds. The molecule has 0 saturated heterocycles. The zero-order chi connectivity index (χ0) is 19.2. The Kier molecular flexibility index (Phi) is 6.20. The standard InChI is InChI=1S/C18H18ClN3O4S/c1-23-14-4-3-12(9-15(14)24-2)21-18(27)22-20-10-11-7-13(19)17-16(8-11)25-5-6-26-17/h3-4,7-10H,5-6H2,1-2H3,(H2,21,22,27)/b20-10-. The monoisotopic (exact) mass is 407 g/mol. The van der Waals surface area contributed by atoms with E-state index in [1.165, 1.54) is 0 Å². The van der Waals surface area contributed by atoms with Crippen LogP contribution in [-0.4, -0.2) is 38.8 Å². The number of ether oxygens (including phenoxy) is 4. The van der Waals surface area contributed by atoms with Gasteiger partial charge in [-0.25, -0.2) is 0 Å². The molecule has 0 fully saturated rings. The van der Waals surface area contributed by atoms with Crippen LogP contribution in [0.4, 0.5) is 5.69 Å². The first-order chi connectivity index (χ1) is 13.1. The molecule has 0 bridgehead atoms. The van der Waals surface area contributed by atoms with Crippen molar-refractivity contribution in [2.24, 2.45) is 5.10 Å². The van der Waals surface area contributed by atoms with Gasteiger partial charge in [0.1, 0.15) is 13.2 Å². The summed E-state index contributed by atoms with van der Waals surface area (Å²) in [5.74, 6) is 2.38. The fourth-order valence-corrected chi connectivity index (χ4v) is 2.89. The van der Waals surface area contributed by atoms with Crippen molar-refractivity contribution in [3.63, 3.8) is 0 Å². The summed E-state index contributed by atoms with van der Waals surface area (Å²) in [6.07, 6.45) is 1.59. The molecule has 0 aliphatic carbocycles. The van der Waals surface area contributed by atoms with E-state index in [9.17, 15) is 0 Å². The van der Waals surface area contributed by atoms with Crippen molar-refractivity contribution in [3.8, 4) is 23.0 Å². The van der Waals surface area contributed by atoms with Crippen LogP contribution in [-0.2, 0) is 0 Å². The Morgan fingerprint density at radius 2 is 1.93 bits per heavy atom.